The number of ketones is 1. The molecule has 0 spiro atoms. The molecule has 0 unspecified atom stereocenters. The molecule has 0 bridgehead atoms. The molecule has 0 fully saturated rings. The molecule has 0 aliphatic heterocycles. The van der Waals surface area contributed by atoms with Crippen LogP contribution in [0.2, 0.25) is 0 Å². The molecule has 0 saturated carbocycles. The predicted molar refractivity (Wildman–Crippen MR) is 113 cm³/mol. The highest BCUT2D eigenvalue weighted by atomic mass is 16.6. The van der Waals surface area contributed by atoms with Gasteiger partial charge in [-0.3, -0.25) is 19.7 Å². The van der Waals surface area contributed by atoms with E-state index in [1.54, 1.807) is 19.4 Å². The van der Waals surface area contributed by atoms with Crippen LogP contribution in [0.5, 0.6) is 0 Å². The van der Waals surface area contributed by atoms with E-state index >= 15 is 0 Å². The third-order valence-electron chi connectivity index (χ3n) is 3.90. The highest BCUT2D eigenvalue weighted by molar-refractivity contribution is 6.37. The Kier molecular flexibility index (Phi) is 13.1. The monoisotopic (exact) mass is 406 g/mol. The molecule has 0 atom stereocenters. The minimum Gasteiger partial charge on any atom is -0.394 e. The number of hydrogen-bond acceptors (Lipinski definition) is 10. The second-order valence-corrected chi connectivity index (χ2v) is 6.07. The summed E-state index contributed by atoms with van der Waals surface area (Å²) in [5.74, 6) is 10.1. The Morgan fingerprint density at radius 1 is 0.966 bits per heavy atom. The summed E-state index contributed by atoms with van der Waals surface area (Å²) in [5, 5.41) is 3.97. The molecule has 0 radical (unpaired) electrons. The summed E-state index contributed by atoms with van der Waals surface area (Å²) < 4.78 is 0. The lowest BCUT2D eigenvalue weighted by molar-refractivity contribution is -0.111. The molecule has 10 heteroatoms. The van der Waals surface area contributed by atoms with Crippen molar-refractivity contribution in [2.24, 2.45) is 26.9 Å². The zero-order valence-electron chi connectivity index (χ0n) is 17.0. The van der Waals surface area contributed by atoms with E-state index in [9.17, 15) is 4.79 Å². The second-order valence-electron chi connectivity index (χ2n) is 6.07. The van der Waals surface area contributed by atoms with Crippen LogP contribution in [0.4, 0.5) is 0 Å². The number of carbonyl (C=O) groups excluding carboxylic acids is 1. The number of nitrogens with two attached hydrogens (primary N) is 2. The fraction of sp³-hybridized carbons (Fsp3) is 0.474. The molecule has 0 saturated heterocycles. The number of Topliss-reactive ketones (excluding diaryl/α,β-unsaturated/α-hetero) is 1. The van der Waals surface area contributed by atoms with E-state index in [1.807, 2.05) is 29.2 Å². The smallest absolute Gasteiger partial charge is 0.173 e. The van der Waals surface area contributed by atoms with Gasteiger partial charge in [0, 0.05) is 32.8 Å². The molecule has 0 amide bonds. The number of oxime groups is 1. The van der Waals surface area contributed by atoms with Crippen LogP contribution in [0.3, 0.4) is 0 Å². The first-order valence-electron chi connectivity index (χ1n) is 9.19. The normalized spacial score (nSPS) is 12.4. The lowest BCUT2D eigenvalue weighted by atomic mass is 10.2. The third kappa shape index (κ3) is 11.8. The molecule has 1 rings (SSSR count). The van der Waals surface area contributed by atoms with E-state index in [4.69, 9.17) is 16.6 Å². The van der Waals surface area contributed by atoms with E-state index in [0.717, 1.165) is 11.1 Å². The van der Waals surface area contributed by atoms with Crippen molar-refractivity contribution in [3.05, 3.63) is 35.4 Å². The highest BCUT2D eigenvalue weighted by Crippen LogP contribution is 2.01. The molecule has 4 N–H and O–H groups in total. The van der Waals surface area contributed by atoms with Crippen LogP contribution in [0, 0.1) is 0 Å². The van der Waals surface area contributed by atoms with Crippen LogP contribution in [0.1, 0.15) is 25.0 Å². The maximum atomic E-state index is 11.1. The number of nitrogens with zero attached hydrogens (tertiary/aromatic N) is 4. The number of carbonyl (C=O) groups is 1. The van der Waals surface area contributed by atoms with Crippen LogP contribution >= 0.6 is 0 Å². The molecule has 0 aliphatic rings. The lowest BCUT2D eigenvalue weighted by Crippen LogP contribution is -2.34. The van der Waals surface area contributed by atoms with Gasteiger partial charge >= 0.3 is 0 Å². The van der Waals surface area contributed by atoms with Crippen LogP contribution in [0.15, 0.2) is 39.4 Å². The van der Waals surface area contributed by atoms with E-state index in [-0.39, 0.29) is 12.5 Å². The largest absolute Gasteiger partial charge is 0.394 e. The maximum Gasteiger partial charge on any atom is 0.173 e. The number of rotatable bonds is 15. The SMILES string of the molecule is CC(=O)C(C)=NCN=Cc1ccc(/C=N\OCCN(CCON)CCON)cc1. The van der Waals surface area contributed by atoms with Gasteiger partial charge in [0.1, 0.15) is 13.3 Å². The Labute approximate surface area is 171 Å². The second kappa shape index (κ2) is 15.4. The Morgan fingerprint density at radius 2 is 1.52 bits per heavy atom. The van der Waals surface area contributed by atoms with Gasteiger partial charge in [-0.1, -0.05) is 29.4 Å². The van der Waals surface area contributed by atoms with Crippen molar-refractivity contribution in [1.82, 2.24) is 4.90 Å². The summed E-state index contributed by atoms with van der Waals surface area (Å²) in [5.41, 5.74) is 2.30. The molecule has 0 aliphatic carbocycles. The summed E-state index contributed by atoms with van der Waals surface area (Å²) in [6.07, 6.45) is 3.34. The lowest BCUT2D eigenvalue weighted by Gasteiger charge is -2.20. The fourth-order valence-corrected chi connectivity index (χ4v) is 2.09. The first kappa shape index (κ1) is 24.5. The molecule has 1 aromatic rings. The van der Waals surface area contributed by atoms with Crippen molar-refractivity contribution in [3.63, 3.8) is 0 Å². The Hall–Kier alpha value is -2.50. The summed E-state index contributed by atoms with van der Waals surface area (Å²) in [4.78, 5) is 35.8. The molecule has 10 nitrogen and oxygen atoms in total. The molecule has 1 aromatic carbocycles. The van der Waals surface area contributed by atoms with Gasteiger partial charge in [0.15, 0.2) is 5.78 Å². The average Bonchev–Trinajstić information content (AvgIpc) is 2.73. The summed E-state index contributed by atoms with van der Waals surface area (Å²) >= 11 is 0. The van der Waals surface area contributed by atoms with Crippen LogP contribution in [-0.4, -0.2) is 74.9 Å². The molecule has 29 heavy (non-hydrogen) atoms. The Bertz CT molecular complexity index is 668. The number of hydrogen-bond donors (Lipinski definition) is 2. The summed E-state index contributed by atoms with van der Waals surface area (Å²) in [6.45, 7) is 6.56. The van der Waals surface area contributed by atoms with Gasteiger partial charge in [0.05, 0.1) is 25.1 Å². The van der Waals surface area contributed by atoms with Gasteiger partial charge in [-0.15, -0.1) is 0 Å². The molecule has 0 heterocycles. The summed E-state index contributed by atoms with van der Waals surface area (Å²) in [7, 11) is 0. The van der Waals surface area contributed by atoms with Gasteiger partial charge in [-0.25, -0.2) is 11.8 Å². The summed E-state index contributed by atoms with van der Waals surface area (Å²) in [6, 6.07) is 7.63. The Morgan fingerprint density at radius 3 is 2.07 bits per heavy atom. The van der Waals surface area contributed by atoms with Crippen LogP contribution < -0.4 is 11.8 Å². The van der Waals surface area contributed by atoms with Crippen molar-refractivity contribution in [3.8, 4) is 0 Å². The van der Waals surface area contributed by atoms with Crippen molar-refractivity contribution < 1.29 is 19.3 Å². The topological polar surface area (TPSA) is 137 Å². The van der Waals surface area contributed by atoms with E-state index in [2.05, 4.69) is 24.8 Å². The zero-order chi connectivity index (χ0) is 21.3. The minimum atomic E-state index is -0.0482. The van der Waals surface area contributed by atoms with Crippen molar-refractivity contribution in [1.29, 1.82) is 0 Å². The van der Waals surface area contributed by atoms with Gasteiger partial charge in [0.25, 0.3) is 0 Å². The van der Waals surface area contributed by atoms with Gasteiger partial charge in [0.2, 0.25) is 0 Å². The maximum absolute atomic E-state index is 11.1. The average molecular weight is 406 g/mol. The fourth-order valence-electron chi connectivity index (χ4n) is 2.09. The predicted octanol–water partition coefficient (Wildman–Crippen LogP) is 0.546. The van der Waals surface area contributed by atoms with E-state index in [0.29, 0.717) is 45.2 Å². The number of aliphatic imine (C=N–C) groups is 2. The van der Waals surface area contributed by atoms with Crippen LogP contribution in [0.25, 0.3) is 0 Å². The third-order valence-corrected chi connectivity index (χ3v) is 3.90. The number of benzene rings is 1. The van der Waals surface area contributed by atoms with Gasteiger partial charge in [-0.05, 0) is 18.1 Å². The Balaban J connectivity index is 2.37. The standard InChI is InChI=1S/C19H30N6O4/c1-16(17(2)26)23-15-22-13-18-3-5-19(6-4-18)14-24-29-12-9-25(7-10-27-20)8-11-28-21/h3-6,13-14H,7-12,15,20-21H2,1-2H3/b22-13?,23-16?,24-14-. The van der Waals surface area contributed by atoms with Crippen molar-refractivity contribution in [2.75, 3.05) is 46.1 Å². The van der Waals surface area contributed by atoms with Crippen LogP contribution in [-0.2, 0) is 19.3 Å². The molecule has 160 valence electrons. The molecule has 0 aromatic heterocycles. The van der Waals surface area contributed by atoms with E-state index < -0.39 is 0 Å². The molecular formula is C19H30N6O4. The van der Waals surface area contributed by atoms with E-state index in [1.165, 1.54) is 6.92 Å². The quantitative estimate of drug-likeness (QED) is 0.246. The highest BCUT2D eigenvalue weighted by Gasteiger charge is 2.04. The molecular weight excluding hydrogens is 376 g/mol. The van der Waals surface area contributed by atoms with Crippen molar-refractivity contribution >= 4 is 23.9 Å². The van der Waals surface area contributed by atoms with Gasteiger partial charge < -0.3 is 14.5 Å². The van der Waals surface area contributed by atoms with Crippen molar-refractivity contribution in [2.45, 2.75) is 13.8 Å². The minimum absolute atomic E-state index is 0.0482. The zero-order valence-corrected chi connectivity index (χ0v) is 17.0. The first-order valence-corrected chi connectivity index (χ1v) is 9.19. The first-order chi connectivity index (χ1) is 14.1. The van der Waals surface area contributed by atoms with Gasteiger partial charge in [-0.2, -0.15) is 0 Å².